The molecule has 0 aliphatic heterocycles. The molecule has 1 fully saturated rings. The van der Waals surface area contributed by atoms with E-state index in [1.807, 2.05) is 54.6 Å². The maximum atomic E-state index is 12.2. The van der Waals surface area contributed by atoms with E-state index in [0.29, 0.717) is 31.2 Å². The predicted octanol–water partition coefficient (Wildman–Crippen LogP) is 3.44. The summed E-state index contributed by atoms with van der Waals surface area (Å²) >= 11 is 0. The first-order valence-electron chi connectivity index (χ1n) is 9.55. The normalized spacial score (nSPS) is 13.9. The van der Waals surface area contributed by atoms with Crippen LogP contribution in [0.2, 0.25) is 0 Å². The minimum atomic E-state index is -0.0611. The highest BCUT2D eigenvalue weighted by Gasteiger charge is 2.17. The highest BCUT2D eigenvalue weighted by atomic mass is 16.5. The first-order chi connectivity index (χ1) is 13.2. The Labute approximate surface area is 160 Å². The molecule has 0 radical (unpaired) electrons. The molecule has 3 rings (SSSR count). The Kier molecular flexibility index (Phi) is 6.85. The van der Waals surface area contributed by atoms with Gasteiger partial charge in [-0.2, -0.15) is 0 Å². The first-order valence-corrected chi connectivity index (χ1v) is 9.55. The molecule has 2 aromatic rings. The van der Waals surface area contributed by atoms with Crippen LogP contribution in [0.3, 0.4) is 0 Å². The zero-order chi connectivity index (χ0) is 18.9. The Morgan fingerprint density at radius 3 is 2.37 bits per heavy atom. The van der Waals surface area contributed by atoms with E-state index in [4.69, 9.17) is 4.74 Å². The van der Waals surface area contributed by atoms with Crippen molar-refractivity contribution in [2.45, 2.75) is 44.7 Å². The molecule has 0 saturated heterocycles. The van der Waals surface area contributed by atoms with Crippen LogP contribution in [-0.4, -0.2) is 24.5 Å². The van der Waals surface area contributed by atoms with Crippen molar-refractivity contribution in [3.8, 4) is 5.75 Å². The summed E-state index contributed by atoms with van der Waals surface area (Å²) in [4.78, 5) is 24.1. The largest absolute Gasteiger partial charge is 0.493 e. The zero-order valence-corrected chi connectivity index (χ0v) is 15.4. The van der Waals surface area contributed by atoms with Crippen LogP contribution >= 0.6 is 0 Å². The van der Waals surface area contributed by atoms with Gasteiger partial charge in [-0.1, -0.05) is 43.2 Å². The number of hydrogen-bond acceptors (Lipinski definition) is 3. The van der Waals surface area contributed by atoms with Gasteiger partial charge in [0.05, 0.1) is 13.0 Å². The van der Waals surface area contributed by atoms with Gasteiger partial charge in [0, 0.05) is 18.2 Å². The Hall–Kier alpha value is -2.82. The minimum absolute atomic E-state index is 0.0180. The van der Waals surface area contributed by atoms with Gasteiger partial charge in [0.15, 0.2) is 0 Å². The Morgan fingerprint density at radius 2 is 1.67 bits per heavy atom. The number of nitrogens with one attached hydrogen (secondary N) is 2. The fraction of sp³-hybridized carbons (Fsp3) is 0.364. The van der Waals surface area contributed by atoms with E-state index in [1.165, 1.54) is 12.8 Å². The Balaban J connectivity index is 1.37. The fourth-order valence-electron chi connectivity index (χ4n) is 3.18. The van der Waals surface area contributed by atoms with Gasteiger partial charge in [-0.3, -0.25) is 9.59 Å². The van der Waals surface area contributed by atoms with E-state index in [9.17, 15) is 9.59 Å². The second-order valence-electron chi connectivity index (χ2n) is 6.84. The van der Waals surface area contributed by atoms with Gasteiger partial charge in [0.2, 0.25) is 5.91 Å². The molecule has 0 bridgehead atoms. The summed E-state index contributed by atoms with van der Waals surface area (Å²) in [5, 5.41) is 5.95. The van der Waals surface area contributed by atoms with Crippen LogP contribution < -0.4 is 15.4 Å². The van der Waals surface area contributed by atoms with Crippen LogP contribution in [0.25, 0.3) is 0 Å². The van der Waals surface area contributed by atoms with E-state index in [2.05, 4.69) is 10.6 Å². The Bertz CT molecular complexity index is 738. The first kappa shape index (κ1) is 19.0. The molecule has 2 aromatic carbocycles. The molecule has 0 unspecified atom stereocenters. The van der Waals surface area contributed by atoms with Gasteiger partial charge in [0.1, 0.15) is 5.75 Å². The van der Waals surface area contributed by atoms with Crippen molar-refractivity contribution >= 4 is 11.8 Å². The number of hydrogen-bond donors (Lipinski definition) is 2. The van der Waals surface area contributed by atoms with Gasteiger partial charge in [-0.15, -0.1) is 0 Å². The number of carbonyl (C=O) groups excluding carboxylic acids is 2. The van der Waals surface area contributed by atoms with Gasteiger partial charge < -0.3 is 15.4 Å². The molecule has 0 spiro atoms. The quantitative estimate of drug-likeness (QED) is 0.752. The summed E-state index contributed by atoms with van der Waals surface area (Å²) in [7, 11) is 0. The number of carbonyl (C=O) groups is 2. The lowest BCUT2D eigenvalue weighted by atomic mass is 10.1. The van der Waals surface area contributed by atoms with Gasteiger partial charge in [-0.05, 0) is 42.7 Å². The van der Waals surface area contributed by atoms with Crippen LogP contribution in [0, 0.1) is 0 Å². The third kappa shape index (κ3) is 6.13. The summed E-state index contributed by atoms with van der Waals surface area (Å²) in [6.07, 6.45) is 4.84. The number of ether oxygens (including phenoxy) is 1. The monoisotopic (exact) mass is 366 g/mol. The summed E-state index contributed by atoms with van der Waals surface area (Å²) < 4.78 is 5.52. The number of rotatable bonds is 8. The van der Waals surface area contributed by atoms with E-state index < -0.39 is 0 Å². The van der Waals surface area contributed by atoms with Crippen LogP contribution in [0.1, 0.15) is 48.0 Å². The molecule has 0 aromatic heterocycles. The van der Waals surface area contributed by atoms with Crippen molar-refractivity contribution in [2.75, 3.05) is 6.61 Å². The number of benzene rings is 2. The molecule has 27 heavy (non-hydrogen) atoms. The van der Waals surface area contributed by atoms with E-state index in [0.717, 1.165) is 24.2 Å². The Morgan fingerprint density at radius 1 is 0.963 bits per heavy atom. The van der Waals surface area contributed by atoms with E-state index >= 15 is 0 Å². The molecule has 5 nitrogen and oxygen atoms in total. The third-order valence-electron chi connectivity index (χ3n) is 4.74. The smallest absolute Gasteiger partial charge is 0.251 e. The average Bonchev–Trinajstić information content (AvgIpc) is 3.20. The predicted molar refractivity (Wildman–Crippen MR) is 105 cm³/mol. The molecule has 5 heteroatoms. The zero-order valence-electron chi connectivity index (χ0n) is 15.4. The van der Waals surface area contributed by atoms with Gasteiger partial charge in [-0.25, -0.2) is 0 Å². The molecule has 0 heterocycles. The SMILES string of the molecule is O=C(CCOc1ccccc1)NCc1ccc(C(=O)NC2CCCC2)cc1. The standard InChI is InChI=1S/C22H26N2O3/c25-21(14-15-27-20-8-2-1-3-9-20)23-16-17-10-12-18(13-11-17)22(26)24-19-6-4-5-7-19/h1-3,8-13,19H,4-7,14-16H2,(H,23,25)(H,24,26). The molecular formula is C22H26N2O3. The highest BCUT2D eigenvalue weighted by molar-refractivity contribution is 5.94. The molecule has 2 N–H and O–H groups in total. The lowest BCUT2D eigenvalue weighted by Gasteiger charge is -2.12. The summed E-state index contributed by atoms with van der Waals surface area (Å²) in [5.41, 5.74) is 1.62. The molecular weight excluding hydrogens is 340 g/mol. The van der Waals surface area contributed by atoms with Crippen molar-refractivity contribution in [3.63, 3.8) is 0 Å². The molecule has 2 amide bonds. The van der Waals surface area contributed by atoms with Crippen LogP contribution in [0.4, 0.5) is 0 Å². The lowest BCUT2D eigenvalue weighted by Crippen LogP contribution is -2.32. The van der Waals surface area contributed by atoms with E-state index in [-0.39, 0.29) is 11.8 Å². The van der Waals surface area contributed by atoms with Crippen LogP contribution in [-0.2, 0) is 11.3 Å². The van der Waals surface area contributed by atoms with Gasteiger partial charge in [0.25, 0.3) is 5.91 Å². The summed E-state index contributed by atoms with van der Waals surface area (Å²) in [5.74, 6) is 0.682. The fourth-order valence-corrected chi connectivity index (χ4v) is 3.18. The van der Waals surface area contributed by atoms with Crippen molar-refractivity contribution in [1.29, 1.82) is 0 Å². The third-order valence-corrected chi connectivity index (χ3v) is 4.74. The maximum Gasteiger partial charge on any atom is 0.251 e. The van der Waals surface area contributed by atoms with Gasteiger partial charge >= 0.3 is 0 Å². The second-order valence-corrected chi connectivity index (χ2v) is 6.84. The minimum Gasteiger partial charge on any atom is -0.493 e. The lowest BCUT2D eigenvalue weighted by molar-refractivity contribution is -0.121. The van der Waals surface area contributed by atoms with Crippen molar-refractivity contribution in [2.24, 2.45) is 0 Å². The average molecular weight is 366 g/mol. The van der Waals surface area contributed by atoms with Crippen molar-refractivity contribution in [3.05, 3.63) is 65.7 Å². The molecule has 0 atom stereocenters. The molecule has 1 saturated carbocycles. The number of amides is 2. The topological polar surface area (TPSA) is 67.4 Å². The number of para-hydroxylation sites is 1. The summed E-state index contributed by atoms with van der Waals surface area (Å²) in [6.45, 7) is 0.783. The van der Waals surface area contributed by atoms with Crippen LogP contribution in [0.5, 0.6) is 5.75 Å². The van der Waals surface area contributed by atoms with E-state index in [1.54, 1.807) is 0 Å². The maximum absolute atomic E-state index is 12.2. The molecule has 1 aliphatic rings. The second kappa shape index (κ2) is 9.76. The summed E-state index contributed by atoms with van der Waals surface area (Å²) in [6, 6.07) is 17.1. The van der Waals surface area contributed by atoms with Crippen molar-refractivity contribution < 1.29 is 14.3 Å². The van der Waals surface area contributed by atoms with Crippen LogP contribution in [0.15, 0.2) is 54.6 Å². The molecule has 142 valence electrons. The highest BCUT2D eigenvalue weighted by Crippen LogP contribution is 2.18. The molecule has 1 aliphatic carbocycles. The van der Waals surface area contributed by atoms with Crippen molar-refractivity contribution in [1.82, 2.24) is 10.6 Å².